The Bertz CT molecular complexity index is 1630. The first-order chi connectivity index (χ1) is 20.9. The summed E-state index contributed by atoms with van der Waals surface area (Å²) in [6, 6.07) is 18.1. The van der Waals surface area contributed by atoms with Gasteiger partial charge in [0.2, 0.25) is 0 Å². The van der Waals surface area contributed by atoms with Crippen molar-refractivity contribution >= 4 is 79.5 Å². The summed E-state index contributed by atoms with van der Waals surface area (Å²) < 4.78 is 69.3. The van der Waals surface area contributed by atoms with Gasteiger partial charge in [-0.25, -0.2) is 16.8 Å². The molecule has 0 saturated carbocycles. The fourth-order valence-corrected chi connectivity index (χ4v) is 7.00. The van der Waals surface area contributed by atoms with Crippen LogP contribution in [0.3, 0.4) is 0 Å². The van der Waals surface area contributed by atoms with E-state index in [2.05, 4.69) is 39.8 Å². The maximum absolute atomic E-state index is 11.5. The number of aryl methyl sites for hydroxylation is 4. The van der Waals surface area contributed by atoms with Crippen LogP contribution in [0, 0.1) is 0 Å². The zero-order valence-electron chi connectivity index (χ0n) is 27.2. The molecule has 0 atom stereocenters. The zero-order valence-corrected chi connectivity index (χ0v) is 31.1. The van der Waals surface area contributed by atoms with E-state index in [4.69, 9.17) is 0 Å². The van der Waals surface area contributed by atoms with Crippen molar-refractivity contribution in [1.29, 1.82) is 0 Å². The van der Waals surface area contributed by atoms with Crippen LogP contribution < -0.4 is 0 Å². The molecule has 6 nitrogen and oxygen atoms in total. The van der Waals surface area contributed by atoms with Crippen LogP contribution in [0.2, 0.25) is 0 Å². The molecule has 0 fully saturated rings. The van der Waals surface area contributed by atoms with E-state index >= 15 is 0 Å². The van der Waals surface area contributed by atoms with Crippen molar-refractivity contribution in [2.45, 2.75) is 115 Å². The van der Waals surface area contributed by atoms with Gasteiger partial charge < -0.3 is 9.11 Å². The van der Waals surface area contributed by atoms with Crippen molar-refractivity contribution in [3.8, 4) is 0 Å². The number of fused-ring (bicyclic) bond motifs is 2. The molecule has 0 aromatic heterocycles. The van der Waals surface area contributed by atoms with Gasteiger partial charge in [0.15, 0.2) is 0 Å². The second-order valence-corrected chi connectivity index (χ2v) is 14.2. The monoisotopic (exact) mass is 678 g/mol. The summed E-state index contributed by atoms with van der Waals surface area (Å²) in [7, 11) is -8.91. The van der Waals surface area contributed by atoms with Crippen molar-refractivity contribution in [2.24, 2.45) is 0 Å². The largest absolute Gasteiger partial charge is 2.00 e. The first-order valence-electron chi connectivity index (χ1n) is 15.9. The van der Waals surface area contributed by atoms with E-state index in [9.17, 15) is 25.9 Å². The van der Waals surface area contributed by atoms with Gasteiger partial charge in [0, 0.05) is 0 Å². The molecule has 4 aromatic carbocycles. The number of unbranched alkanes of at least 4 members (excludes halogenated alkanes) is 4. The summed E-state index contributed by atoms with van der Waals surface area (Å²) >= 11 is 0. The molecule has 45 heavy (non-hydrogen) atoms. The zero-order chi connectivity index (χ0) is 32.3. The molecule has 0 aliphatic heterocycles. The number of hydrogen-bond acceptors (Lipinski definition) is 6. The summed E-state index contributed by atoms with van der Waals surface area (Å²) in [6.45, 7) is 8.53. The Balaban J connectivity index is 0.000000307. The molecule has 0 saturated heterocycles. The van der Waals surface area contributed by atoms with Gasteiger partial charge in [0.25, 0.3) is 0 Å². The van der Waals surface area contributed by atoms with Crippen LogP contribution in [0.1, 0.15) is 101 Å². The average molecular weight is 679 g/mol. The minimum Gasteiger partial charge on any atom is -0.744 e. The maximum Gasteiger partial charge on any atom is 2.00 e. The second-order valence-electron chi connectivity index (χ2n) is 11.5. The Morgan fingerprint density at radius 1 is 0.489 bits per heavy atom. The topological polar surface area (TPSA) is 114 Å². The van der Waals surface area contributed by atoms with Crippen molar-refractivity contribution < 1.29 is 25.9 Å². The van der Waals surface area contributed by atoms with Gasteiger partial charge >= 0.3 is 37.7 Å². The second kappa shape index (κ2) is 18.7. The normalized spacial score (nSPS) is 11.7. The molecule has 0 heterocycles. The van der Waals surface area contributed by atoms with E-state index in [1.54, 1.807) is 12.1 Å². The van der Waals surface area contributed by atoms with Crippen LogP contribution in [-0.4, -0.2) is 63.7 Å². The third kappa shape index (κ3) is 11.3. The molecular formula is C36H46CaO6S2. The van der Waals surface area contributed by atoms with E-state index in [0.717, 1.165) is 110 Å². The minimum atomic E-state index is -4.45. The molecule has 0 aliphatic rings. The van der Waals surface area contributed by atoms with Gasteiger partial charge in [-0.2, -0.15) is 0 Å². The summed E-state index contributed by atoms with van der Waals surface area (Å²) in [5.74, 6) is 0. The fraction of sp³-hybridized carbons (Fsp3) is 0.444. The summed E-state index contributed by atoms with van der Waals surface area (Å²) in [4.78, 5) is -0.192. The quantitative estimate of drug-likeness (QED) is 0.0976. The van der Waals surface area contributed by atoms with E-state index in [1.807, 2.05) is 24.3 Å². The standard InChI is InChI=1S/2C18H24O3S.Ca/c2*1-3-5-8-14-12-15(9-6-4-2)16-10-7-11-18(17(16)13-14)22(19,20)21;/h2*7,10-13H,3-6,8-9H2,1-2H3,(H,19,20,21);/q;;+2/p-2. The van der Waals surface area contributed by atoms with Crippen LogP contribution in [0.5, 0.6) is 0 Å². The molecule has 0 N–H and O–H groups in total. The van der Waals surface area contributed by atoms with Gasteiger partial charge in [0.05, 0.1) is 9.79 Å². The van der Waals surface area contributed by atoms with Gasteiger partial charge in [0.1, 0.15) is 20.2 Å². The average Bonchev–Trinajstić information content (AvgIpc) is 2.99. The first-order valence-corrected chi connectivity index (χ1v) is 18.8. The Hall–Kier alpha value is -1.52. The van der Waals surface area contributed by atoms with Crippen LogP contribution in [-0.2, 0) is 45.9 Å². The molecule has 240 valence electrons. The van der Waals surface area contributed by atoms with Crippen molar-refractivity contribution in [2.75, 3.05) is 0 Å². The molecule has 9 heteroatoms. The Labute approximate surface area is 300 Å². The van der Waals surface area contributed by atoms with Gasteiger partial charge in [-0.05, 0) is 119 Å². The first kappa shape index (κ1) is 39.7. The minimum absolute atomic E-state index is 0. The molecule has 0 unspecified atom stereocenters. The van der Waals surface area contributed by atoms with Crippen LogP contribution in [0.15, 0.2) is 70.5 Å². The van der Waals surface area contributed by atoms with E-state index in [0.29, 0.717) is 10.8 Å². The predicted molar refractivity (Wildman–Crippen MR) is 184 cm³/mol. The van der Waals surface area contributed by atoms with Gasteiger partial charge in [-0.3, -0.25) is 0 Å². The molecule has 0 radical (unpaired) electrons. The van der Waals surface area contributed by atoms with Crippen LogP contribution in [0.25, 0.3) is 21.5 Å². The SMILES string of the molecule is CCCCc1cc(CCCC)c2cccc(S(=O)(=O)[O-])c2c1.CCCCc1cc(CCCC)c2cccc(S(=O)(=O)[O-])c2c1.[Ca+2]. The fourth-order valence-electron chi connectivity index (χ4n) is 5.64. The van der Waals surface area contributed by atoms with Crippen molar-refractivity contribution in [1.82, 2.24) is 0 Å². The molecule has 4 aromatic rings. The van der Waals surface area contributed by atoms with E-state index < -0.39 is 20.2 Å². The van der Waals surface area contributed by atoms with E-state index in [-0.39, 0.29) is 47.5 Å². The van der Waals surface area contributed by atoms with Gasteiger partial charge in [-0.15, -0.1) is 0 Å². The van der Waals surface area contributed by atoms with Crippen LogP contribution >= 0.6 is 0 Å². The van der Waals surface area contributed by atoms with E-state index in [1.165, 1.54) is 12.1 Å². The molecule has 0 spiro atoms. The Morgan fingerprint density at radius 2 is 0.822 bits per heavy atom. The predicted octanol–water partition coefficient (Wildman–Crippen LogP) is 8.48. The number of hydrogen-bond donors (Lipinski definition) is 0. The maximum atomic E-state index is 11.5. The third-order valence-electron chi connectivity index (χ3n) is 7.98. The number of rotatable bonds is 14. The Kier molecular flexibility index (Phi) is 16.5. The molecule has 0 bridgehead atoms. The van der Waals surface area contributed by atoms with Crippen molar-refractivity contribution in [3.63, 3.8) is 0 Å². The Morgan fingerprint density at radius 3 is 1.13 bits per heavy atom. The molecular weight excluding hydrogens is 633 g/mol. The molecule has 0 aliphatic carbocycles. The van der Waals surface area contributed by atoms with Crippen molar-refractivity contribution in [3.05, 3.63) is 82.9 Å². The summed E-state index contributed by atoms with van der Waals surface area (Å²) in [5, 5.41) is 2.95. The number of benzene rings is 4. The summed E-state index contributed by atoms with van der Waals surface area (Å²) in [6.07, 6.45) is 12.2. The third-order valence-corrected chi connectivity index (χ3v) is 9.77. The smallest absolute Gasteiger partial charge is 0.744 e. The molecule has 4 rings (SSSR count). The van der Waals surface area contributed by atoms with Crippen LogP contribution in [0.4, 0.5) is 0 Å². The summed E-state index contributed by atoms with van der Waals surface area (Å²) in [5.41, 5.74) is 4.54. The van der Waals surface area contributed by atoms with Gasteiger partial charge in [-0.1, -0.05) is 89.8 Å². The molecule has 0 amide bonds.